The molecule has 4 heterocycles. The number of carboxylic acids is 2. The number of carboxylic acid groups (broad SMARTS) is 2. The van der Waals surface area contributed by atoms with E-state index < -0.39 is 48.4 Å². The second kappa shape index (κ2) is 31.2. The number of ether oxygens (including phenoxy) is 5. The van der Waals surface area contributed by atoms with Gasteiger partial charge in [-0.05, 0) is 119 Å². The molecule has 20 nitrogen and oxygen atoms in total. The highest BCUT2D eigenvalue weighted by atomic mass is 19.4. The maximum Gasteiger partial charge on any atom is 0.490 e. The highest BCUT2D eigenvalue weighted by Gasteiger charge is 2.39. The van der Waals surface area contributed by atoms with E-state index in [4.69, 9.17) is 58.1 Å². The van der Waals surface area contributed by atoms with Gasteiger partial charge < -0.3 is 79.3 Å². The van der Waals surface area contributed by atoms with Gasteiger partial charge in [0, 0.05) is 47.3 Å². The molecule has 0 radical (unpaired) electrons. The molecule has 4 aromatic heterocycles. The summed E-state index contributed by atoms with van der Waals surface area (Å²) in [5, 5.41) is 44.3. The number of aromatic amines is 2. The van der Waals surface area contributed by atoms with Crippen molar-refractivity contribution in [3.8, 4) is 45.6 Å². The molecule has 0 fully saturated rings. The number of nitrogens with two attached hydrogens (primary N) is 1. The number of alkyl halides is 6. The van der Waals surface area contributed by atoms with Gasteiger partial charge >= 0.3 is 30.3 Å². The first kappa shape index (κ1) is 67.8. The van der Waals surface area contributed by atoms with Crippen molar-refractivity contribution in [2.24, 2.45) is 5.73 Å². The van der Waals surface area contributed by atoms with Crippen LogP contribution in [0.1, 0.15) is 45.7 Å². The lowest BCUT2D eigenvalue weighted by Crippen LogP contribution is -2.46. The highest BCUT2D eigenvalue weighted by molar-refractivity contribution is 5.90. The van der Waals surface area contributed by atoms with Crippen molar-refractivity contribution in [1.82, 2.24) is 20.6 Å². The van der Waals surface area contributed by atoms with Gasteiger partial charge in [0.15, 0.2) is 13.2 Å². The van der Waals surface area contributed by atoms with Gasteiger partial charge in [-0.25, -0.2) is 14.4 Å². The van der Waals surface area contributed by atoms with Gasteiger partial charge in [0.05, 0.1) is 41.3 Å². The Balaban J connectivity index is 0.000000257. The normalized spacial score (nSPS) is 12.3. The third-order valence-electron chi connectivity index (χ3n) is 12.1. The van der Waals surface area contributed by atoms with E-state index in [9.17, 15) is 46.1 Å². The van der Waals surface area contributed by atoms with Crippen LogP contribution in [0.25, 0.3) is 44.5 Å². The van der Waals surface area contributed by atoms with E-state index in [0.717, 1.165) is 55.6 Å². The minimum Gasteiger partial charge on any atom is -0.490 e. The molecule has 8 aromatic rings. The molecule has 0 aliphatic carbocycles. The average Bonchev–Trinajstić information content (AvgIpc) is 2.19. The molecule has 26 heteroatoms. The van der Waals surface area contributed by atoms with E-state index in [1.165, 1.54) is 0 Å². The minimum atomic E-state index is -5.08. The molecule has 10 N–H and O–H groups in total. The molecule has 0 spiro atoms. The van der Waals surface area contributed by atoms with E-state index in [1.54, 1.807) is 25.5 Å². The predicted octanol–water partition coefficient (Wildman–Crippen LogP) is 9.63. The monoisotopic (exact) mass is 1210 g/mol. The Labute approximate surface area is 489 Å². The number of carbonyl (C=O) groups is 4. The van der Waals surface area contributed by atoms with Crippen molar-refractivity contribution in [2.75, 3.05) is 46.1 Å². The summed E-state index contributed by atoms with van der Waals surface area (Å²) in [7, 11) is 0. The zero-order valence-electron chi connectivity index (χ0n) is 47.3. The largest absolute Gasteiger partial charge is 0.490 e. The second-order valence-corrected chi connectivity index (χ2v) is 20.2. The number of fused-ring (bicyclic) bond motifs is 2. The van der Waals surface area contributed by atoms with Crippen LogP contribution in [0.3, 0.4) is 0 Å². The number of primary amides is 1. The number of esters is 1. The maximum absolute atomic E-state index is 11.7. The number of amides is 1. The van der Waals surface area contributed by atoms with Crippen LogP contribution in [-0.4, -0.2) is 136 Å². The number of aliphatic hydroxyl groups is 2. The molecule has 8 rings (SSSR count). The number of aromatic nitrogens is 2. The van der Waals surface area contributed by atoms with Gasteiger partial charge in [-0.1, -0.05) is 48.5 Å². The summed E-state index contributed by atoms with van der Waals surface area (Å²) in [4.78, 5) is 47.0. The molecule has 0 saturated carbocycles. The van der Waals surface area contributed by atoms with Crippen LogP contribution in [0.4, 0.5) is 26.3 Å². The number of hydrogen-bond donors (Lipinski definition) is 9. The van der Waals surface area contributed by atoms with Crippen molar-refractivity contribution >= 4 is 45.6 Å². The summed E-state index contributed by atoms with van der Waals surface area (Å²) in [5.74, 6) is -2.49. The zero-order chi connectivity index (χ0) is 63.2. The number of rotatable bonds is 25. The molecule has 0 aliphatic rings. The topological polar surface area (TPSA) is 303 Å². The van der Waals surface area contributed by atoms with Crippen LogP contribution in [0.5, 0.6) is 23.0 Å². The Morgan fingerprint density at radius 1 is 0.558 bits per heavy atom. The molecular weight excluding hydrogens is 1140 g/mol. The third-order valence-corrected chi connectivity index (χ3v) is 12.1. The number of halogens is 6. The van der Waals surface area contributed by atoms with Gasteiger partial charge in [-0.2, -0.15) is 26.3 Å². The molecule has 0 saturated heterocycles. The average molecular weight is 1210 g/mol. The van der Waals surface area contributed by atoms with Crippen LogP contribution >= 0.6 is 0 Å². The summed E-state index contributed by atoms with van der Waals surface area (Å²) < 4.78 is 102. The quantitative estimate of drug-likeness (QED) is 0.0190. The first-order chi connectivity index (χ1) is 40.6. The molecule has 0 unspecified atom stereocenters. The lowest BCUT2D eigenvalue weighted by Gasteiger charge is -2.28. The molecule has 2 atom stereocenters. The molecule has 464 valence electrons. The fourth-order valence-corrected chi connectivity index (χ4v) is 8.20. The molecule has 0 aliphatic heterocycles. The van der Waals surface area contributed by atoms with E-state index in [0.29, 0.717) is 55.5 Å². The van der Waals surface area contributed by atoms with Gasteiger partial charge in [0.1, 0.15) is 59.9 Å². The smallest absolute Gasteiger partial charge is 0.490 e. The Hall–Kier alpha value is -8.98. The Morgan fingerprint density at radius 2 is 0.942 bits per heavy atom. The molecule has 86 heavy (non-hydrogen) atoms. The van der Waals surface area contributed by atoms with E-state index in [1.807, 2.05) is 116 Å². The van der Waals surface area contributed by atoms with Crippen LogP contribution < -0.4 is 35.3 Å². The second-order valence-electron chi connectivity index (χ2n) is 20.2. The summed E-state index contributed by atoms with van der Waals surface area (Å²) in [5.41, 5.74) is 10.1. The Kier molecular flexibility index (Phi) is 24.6. The van der Waals surface area contributed by atoms with Gasteiger partial charge in [-0.15, -0.1) is 0 Å². The first-order valence-corrected chi connectivity index (χ1v) is 26.4. The molecule has 4 aromatic carbocycles. The number of furan rings is 2. The number of hydrogen-bond acceptors (Lipinski definition) is 15. The van der Waals surface area contributed by atoms with Gasteiger partial charge in [-0.3, -0.25) is 4.79 Å². The minimum absolute atomic E-state index is 0.139. The molecular formula is C60H67F6N5O15. The summed E-state index contributed by atoms with van der Waals surface area (Å²) >= 11 is 0. The third kappa shape index (κ3) is 21.6. The molecule has 0 bridgehead atoms. The number of H-pyrrole nitrogens is 2. The maximum atomic E-state index is 11.7. The Bertz CT molecular complexity index is 3390. The number of para-hydroxylation sites is 4. The zero-order valence-corrected chi connectivity index (χ0v) is 47.3. The van der Waals surface area contributed by atoms with E-state index in [-0.39, 0.29) is 37.5 Å². The van der Waals surface area contributed by atoms with Crippen molar-refractivity contribution in [3.05, 3.63) is 145 Å². The van der Waals surface area contributed by atoms with Crippen LogP contribution in [0, 0.1) is 0 Å². The van der Waals surface area contributed by atoms with Crippen molar-refractivity contribution in [1.29, 1.82) is 0 Å². The Morgan fingerprint density at radius 3 is 1.30 bits per heavy atom. The number of aliphatic hydroxyl groups excluding tert-OH is 2. The van der Waals surface area contributed by atoms with Crippen LogP contribution in [0.15, 0.2) is 143 Å². The van der Waals surface area contributed by atoms with Crippen LogP contribution in [-0.2, 0) is 36.8 Å². The van der Waals surface area contributed by atoms with E-state index in [2.05, 4.69) is 48.3 Å². The SMILES string of the molecule is CC(C)(Cc1c[nH]c2c(OCC(N)=O)cccc12)NC[C@H](O)COc1ccccc1-c1ccco1.CCOC(=O)COc1cccc2c(CC(C)(C)NC[C@H](O)COc3ccccc3-c3ccco3)c[nH]c12.O=C(O)C(F)(F)F.O=C(O)C(F)(F)F. The number of β-amino-alcohol motifs (C(OH)–C–C–N with tert-alkyl or cyclic N) is 2. The number of benzene rings is 4. The van der Waals surface area contributed by atoms with Crippen molar-refractivity contribution in [2.45, 2.75) is 83.1 Å². The van der Waals surface area contributed by atoms with Crippen LogP contribution in [0.2, 0.25) is 0 Å². The first-order valence-electron chi connectivity index (χ1n) is 26.4. The van der Waals surface area contributed by atoms with Gasteiger partial charge in [0.2, 0.25) is 0 Å². The highest BCUT2D eigenvalue weighted by Crippen LogP contribution is 2.34. The summed E-state index contributed by atoms with van der Waals surface area (Å²) in [6.07, 6.45) is -3.00. The standard InChI is InChI=1S/C29H34N2O6.C27H31N3O5.2C2HF3O2/c1-4-34-27(33)19-37-26-12-7-10-22-20(16-30-28(22)26)15-29(2,3)31-17-21(32)18-36-25-11-6-5-9-23(25)24-13-8-14-35-24;1-27(2,13-18-14-29-26-20(18)8-5-10-24(26)35-17-25(28)32)30-15-19(31)16-34-23-9-4-3-7-21(23)22-11-6-12-33-22;2*3-2(4,5)1(6)7/h5-14,16,21,30-32H,4,15,17-19H2,1-3H3;3-12,14,19,29-31H,13,15-17H2,1-2H3,(H2,28,32);2*(H,6,7)/t21-;19-;;/m00../s1. The lowest BCUT2D eigenvalue weighted by molar-refractivity contribution is -0.193. The number of carbonyl (C=O) groups excluding carboxylic acids is 2. The fourth-order valence-electron chi connectivity index (χ4n) is 8.20. The van der Waals surface area contributed by atoms with Gasteiger partial charge in [0.25, 0.3) is 5.91 Å². The summed E-state index contributed by atoms with van der Waals surface area (Å²) in [6.45, 7) is 11.1. The number of nitrogens with one attached hydrogen (secondary N) is 4. The lowest BCUT2D eigenvalue weighted by atomic mass is 9.94. The molecule has 1 amide bonds. The van der Waals surface area contributed by atoms with Crippen molar-refractivity contribution in [3.63, 3.8) is 0 Å². The predicted molar refractivity (Wildman–Crippen MR) is 304 cm³/mol. The fraction of sp³-hybridized carbons (Fsp3) is 0.333. The number of aliphatic carboxylic acids is 2. The summed E-state index contributed by atoms with van der Waals surface area (Å²) in [6, 6.07) is 34.1. The van der Waals surface area contributed by atoms with Crippen molar-refractivity contribution < 1.29 is 98.5 Å². The van der Waals surface area contributed by atoms with E-state index >= 15 is 0 Å².